The first kappa shape index (κ1) is 23.0. The predicted molar refractivity (Wildman–Crippen MR) is 119 cm³/mol. The molecule has 174 valence electrons. The second-order valence-corrected chi connectivity index (χ2v) is 11.9. The summed E-state index contributed by atoms with van der Waals surface area (Å²) in [5.74, 6) is 3.44. The molecule has 30 heavy (non-hydrogen) atoms. The minimum atomic E-state index is -0.494. The number of methoxy groups -OCH3 is 1. The van der Waals surface area contributed by atoms with E-state index in [1.165, 1.54) is 38.5 Å². The van der Waals surface area contributed by atoms with E-state index >= 15 is 0 Å². The number of rotatable bonds is 7. The Hall–Kier alpha value is -0.160. The highest BCUT2D eigenvalue weighted by Gasteiger charge is 2.62. The van der Waals surface area contributed by atoms with Crippen molar-refractivity contribution in [3.8, 4) is 0 Å². The third-order valence-electron chi connectivity index (χ3n) is 10.5. The molecular formula is C26H46O4. The van der Waals surface area contributed by atoms with Crippen LogP contribution in [-0.2, 0) is 9.47 Å². The first-order valence-electron chi connectivity index (χ1n) is 12.7. The van der Waals surface area contributed by atoms with Crippen LogP contribution in [0.1, 0.15) is 85.0 Å². The summed E-state index contributed by atoms with van der Waals surface area (Å²) in [5.41, 5.74) is 0.160. The van der Waals surface area contributed by atoms with Gasteiger partial charge in [0.15, 0.2) is 0 Å². The van der Waals surface area contributed by atoms with Crippen molar-refractivity contribution in [2.75, 3.05) is 26.9 Å². The zero-order valence-corrected chi connectivity index (χ0v) is 19.9. The number of hydrogen-bond acceptors (Lipinski definition) is 4. The summed E-state index contributed by atoms with van der Waals surface area (Å²) in [6.45, 7) is 8.74. The highest BCUT2D eigenvalue weighted by molar-refractivity contribution is 5.11. The lowest BCUT2D eigenvalue weighted by atomic mass is 9.42. The summed E-state index contributed by atoms with van der Waals surface area (Å²) >= 11 is 0. The summed E-state index contributed by atoms with van der Waals surface area (Å²) in [4.78, 5) is 0. The summed E-state index contributed by atoms with van der Waals surface area (Å²) in [6, 6.07) is 0. The van der Waals surface area contributed by atoms with Crippen molar-refractivity contribution in [2.24, 2.45) is 40.4 Å². The largest absolute Gasteiger partial charge is 0.393 e. The predicted octanol–water partition coefficient (Wildman–Crippen LogP) is 4.81. The van der Waals surface area contributed by atoms with Gasteiger partial charge in [0.05, 0.1) is 24.9 Å². The van der Waals surface area contributed by atoms with Gasteiger partial charge >= 0.3 is 0 Å². The Morgan fingerprint density at radius 1 is 0.933 bits per heavy atom. The van der Waals surface area contributed by atoms with Crippen molar-refractivity contribution in [1.82, 2.24) is 0 Å². The zero-order valence-electron chi connectivity index (χ0n) is 19.9. The number of hydrogen-bond donors (Lipinski definition) is 2. The molecule has 4 aliphatic carbocycles. The molecule has 4 fully saturated rings. The molecule has 0 aromatic rings. The third-order valence-corrected chi connectivity index (χ3v) is 10.5. The van der Waals surface area contributed by atoms with Crippen molar-refractivity contribution < 1.29 is 19.7 Å². The molecule has 0 saturated heterocycles. The van der Waals surface area contributed by atoms with Gasteiger partial charge in [-0.1, -0.05) is 6.92 Å². The normalized spacial score (nSPS) is 49.2. The lowest BCUT2D eigenvalue weighted by Gasteiger charge is -2.63. The van der Waals surface area contributed by atoms with Crippen molar-refractivity contribution in [3.63, 3.8) is 0 Å². The van der Waals surface area contributed by atoms with Gasteiger partial charge in [-0.3, -0.25) is 0 Å². The molecule has 0 aromatic carbocycles. The SMILES string of the molecule is COCCOCC[C@]12CC[C@@](C)(O)C[C@@H]1CC[C@H]1[C@@H]3CC[C@H](C(C)O)[C@@]3(C)CC[C@@H]12. The molecule has 4 rings (SSSR count). The van der Waals surface area contributed by atoms with Crippen LogP contribution in [0, 0.1) is 40.4 Å². The Morgan fingerprint density at radius 2 is 1.73 bits per heavy atom. The molecule has 2 N–H and O–H groups in total. The minimum Gasteiger partial charge on any atom is -0.393 e. The van der Waals surface area contributed by atoms with Gasteiger partial charge in [0.1, 0.15) is 0 Å². The summed E-state index contributed by atoms with van der Waals surface area (Å²) in [5, 5.41) is 21.4. The maximum Gasteiger partial charge on any atom is 0.0700 e. The third kappa shape index (κ3) is 3.89. The molecule has 4 saturated carbocycles. The van der Waals surface area contributed by atoms with Crippen LogP contribution in [0.2, 0.25) is 0 Å². The van der Waals surface area contributed by atoms with Crippen LogP contribution in [0.5, 0.6) is 0 Å². The standard InChI is InChI=1S/C26H46O4/c1-18(27)21-7-8-22-20-6-5-19-17-24(2,28)11-12-26(19,13-14-30-16-15-29-4)23(20)9-10-25(21,22)3/h18-23,27-28H,5-17H2,1-4H3/t18?,19-,20-,21+,22-,23-,24+,25+,26+/m0/s1. The van der Waals surface area contributed by atoms with E-state index in [9.17, 15) is 10.2 Å². The molecule has 0 aromatic heterocycles. The van der Waals surface area contributed by atoms with Crippen LogP contribution in [0.15, 0.2) is 0 Å². The maximum atomic E-state index is 10.9. The summed E-state index contributed by atoms with van der Waals surface area (Å²) < 4.78 is 11.1. The summed E-state index contributed by atoms with van der Waals surface area (Å²) in [7, 11) is 1.73. The average Bonchev–Trinajstić information content (AvgIpc) is 3.05. The Morgan fingerprint density at radius 3 is 2.47 bits per heavy atom. The van der Waals surface area contributed by atoms with Crippen LogP contribution < -0.4 is 0 Å². The van der Waals surface area contributed by atoms with E-state index in [4.69, 9.17) is 9.47 Å². The Bertz CT molecular complexity index is 590. The van der Waals surface area contributed by atoms with Crippen molar-refractivity contribution >= 4 is 0 Å². The van der Waals surface area contributed by atoms with Gasteiger partial charge in [-0.15, -0.1) is 0 Å². The average molecular weight is 423 g/mol. The molecular weight excluding hydrogens is 376 g/mol. The number of fused-ring (bicyclic) bond motifs is 5. The molecule has 0 bridgehead atoms. The van der Waals surface area contributed by atoms with E-state index in [2.05, 4.69) is 13.8 Å². The van der Waals surface area contributed by atoms with Crippen LogP contribution in [0.25, 0.3) is 0 Å². The minimum absolute atomic E-state index is 0.180. The maximum absolute atomic E-state index is 10.9. The quantitative estimate of drug-likeness (QED) is 0.578. The van der Waals surface area contributed by atoms with Gasteiger partial charge < -0.3 is 19.7 Å². The monoisotopic (exact) mass is 422 g/mol. The molecule has 4 heteroatoms. The van der Waals surface area contributed by atoms with Crippen LogP contribution >= 0.6 is 0 Å². The molecule has 9 atom stereocenters. The van der Waals surface area contributed by atoms with E-state index in [0.29, 0.717) is 35.9 Å². The van der Waals surface area contributed by atoms with Crippen LogP contribution in [0.3, 0.4) is 0 Å². The number of aliphatic hydroxyl groups excluding tert-OH is 1. The van der Waals surface area contributed by atoms with E-state index in [0.717, 1.165) is 50.0 Å². The fourth-order valence-electron chi connectivity index (χ4n) is 9.07. The van der Waals surface area contributed by atoms with Crippen molar-refractivity contribution in [3.05, 3.63) is 0 Å². The Labute approximate surface area is 184 Å². The van der Waals surface area contributed by atoms with Crippen LogP contribution in [0.4, 0.5) is 0 Å². The van der Waals surface area contributed by atoms with Crippen LogP contribution in [-0.4, -0.2) is 48.8 Å². The second-order valence-electron chi connectivity index (χ2n) is 11.9. The lowest BCUT2D eigenvalue weighted by molar-refractivity contribution is -0.165. The van der Waals surface area contributed by atoms with Gasteiger partial charge in [0.2, 0.25) is 0 Å². The van der Waals surface area contributed by atoms with Gasteiger partial charge in [-0.05, 0) is 118 Å². The van der Waals surface area contributed by atoms with Gasteiger partial charge in [-0.2, -0.15) is 0 Å². The van der Waals surface area contributed by atoms with E-state index in [-0.39, 0.29) is 6.10 Å². The van der Waals surface area contributed by atoms with E-state index in [1.807, 2.05) is 6.92 Å². The highest BCUT2D eigenvalue weighted by atomic mass is 16.5. The first-order chi connectivity index (χ1) is 14.2. The van der Waals surface area contributed by atoms with Crippen molar-refractivity contribution in [1.29, 1.82) is 0 Å². The molecule has 4 aliphatic rings. The topological polar surface area (TPSA) is 58.9 Å². The molecule has 1 unspecified atom stereocenters. The Balaban J connectivity index is 1.56. The highest BCUT2D eigenvalue weighted by Crippen LogP contribution is 2.69. The smallest absolute Gasteiger partial charge is 0.0700 e. The lowest BCUT2D eigenvalue weighted by Crippen LogP contribution is -2.57. The second kappa shape index (κ2) is 8.65. The molecule has 0 heterocycles. The fourth-order valence-corrected chi connectivity index (χ4v) is 9.07. The molecule has 0 aliphatic heterocycles. The zero-order chi connectivity index (χ0) is 21.6. The first-order valence-corrected chi connectivity index (χ1v) is 12.7. The number of ether oxygens (including phenoxy) is 2. The Kier molecular flexibility index (Phi) is 6.63. The van der Waals surface area contributed by atoms with Gasteiger partial charge in [0.25, 0.3) is 0 Å². The van der Waals surface area contributed by atoms with E-state index in [1.54, 1.807) is 7.11 Å². The van der Waals surface area contributed by atoms with E-state index < -0.39 is 5.60 Å². The van der Waals surface area contributed by atoms with Gasteiger partial charge in [0, 0.05) is 13.7 Å². The molecule has 0 spiro atoms. The molecule has 0 radical (unpaired) electrons. The summed E-state index contributed by atoms with van der Waals surface area (Å²) in [6.07, 6.45) is 11.7. The molecule has 0 amide bonds. The fraction of sp³-hybridized carbons (Fsp3) is 1.00. The molecule has 4 nitrogen and oxygen atoms in total. The number of aliphatic hydroxyl groups is 2. The van der Waals surface area contributed by atoms with Crippen molar-refractivity contribution in [2.45, 2.75) is 96.7 Å². The van der Waals surface area contributed by atoms with Gasteiger partial charge in [-0.25, -0.2) is 0 Å².